The average molecular weight is 282 g/mol. The summed E-state index contributed by atoms with van der Waals surface area (Å²) in [4.78, 5) is 22.3. The zero-order valence-electron chi connectivity index (χ0n) is 8.49. The number of benzene rings is 1. The summed E-state index contributed by atoms with van der Waals surface area (Å²) in [5.74, 6) is -0.561. The lowest BCUT2D eigenvalue weighted by atomic mass is 10.1. The van der Waals surface area contributed by atoms with E-state index in [1.807, 2.05) is 6.07 Å². The van der Waals surface area contributed by atoms with Gasteiger partial charge in [-0.2, -0.15) is 5.26 Å². The Labute approximate surface area is 101 Å². The van der Waals surface area contributed by atoms with E-state index in [4.69, 9.17) is 10.00 Å². The van der Waals surface area contributed by atoms with Crippen molar-refractivity contribution in [2.75, 3.05) is 6.61 Å². The van der Waals surface area contributed by atoms with Crippen LogP contribution < -0.4 is 0 Å². The van der Waals surface area contributed by atoms with Crippen molar-refractivity contribution < 1.29 is 14.3 Å². The van der Waals surface area contributed by atoms with Gasteiger partial charge in [0.05, 0.1) is 23.8 Å². The normalized spacial score (nSPS) is 9.31. The first-order chi connectivity index (χ1) is 7.63. The van der Waals surface area contributed by atoms with Crippen molar-refractivity contribution >= 4 is 28.2 Å². The van der Waals surface area contributed by atoms with Crippen molar-refractivity contribution in [2.45, 2.75) is 6.92 Å². The molecule has 0 spiro atoms. The number of halogens is 1. The molecule has 0 aromatic heterocycles. The van der Waals surface area contributed by atoms with E-state index in [1.54, 1.807) is 6.92 Å². The minimum Gasteiger partial charge on any atom is -0.462 e. The van der Waals surface area contributed by atoms with Crippen LogP contribution in [0.25, 0.3) is 0 Å². The lowest BCUT2D eigenvalue weighted by Crippen LogP contribution is -2.07. The van der Waals surface area contributed by atoms with Gasteiger partial charge >= 0.3 is 5.97 Å². The van der Waals surface area contributed by atoms with Crippen LogP contribution >= 0.6 is 15.9 Å². The van der Waals surface area contributed by atoms with Crippen LogP contribution in [-0.2, 0) is 4.74 Å². The fraction of sp³-hybridized carbons (Fsp3) is 0.182. The summed E-state index contributed by atoms with van der Waals surface area (Å²) in [7, 11) is 0. The van der Waals surface area contributed by atoms with Crippen LogP contribution in [0, 0.1) is 11.3 Å². The molecule has 0 atom stereocenters. The van der Waals surface area contributed by atoms with Gasteiger partial charge in [-0.3, -0.25) is 4.79 Å². The highest BCUT2D eigenvalue weighted by molar-refractivity contribution is 9.10. The van der Waals surface area contributed by atoms with Gasteiger partial charge in [0, 0.05) is 10.0 Å². The molecule has 0 radical (unpaired) electrons. The molecule has 4 nitrogen and oxygen atoms in total. The third kappa shape index (κ3) is 2.47. The molecule has 0 N–H and O–H groups in total. The molecule has 0 aliphatic rings. The van der Waals surface area contributed by atoms with Crippen LogP contribution in [0.4, 0.5) is 0 Å². The zero-order chi connectivity index (χ0) is 12.1. The highest BCUT2D eigenvalue weighted by Crippen LogP contribution is 2.23. The molecule has 0 aliphatic heterocycles. The van der Waals surface area contributed by atoms with E-state index < -0.39 is 5.97 Å². The van der Waals surface area contributed by atoms with Crippen molar-refractivity contribution in [2.24, 2.45) is 0 Å². The number of hydrogen-bond acceptors (Lipinski definition) is 4. The lowest BCUT2D eigenvalue weighted by Gasteiger charge is -2.06. The zero-order valence-corrected chi connectivity index (χ0v) is 10.1. The molecule has 1 aromatic carbocycles. The van der Waals surface area contributed by atoms with Gasteiger partial charge in [0.2, 0.25) is 0 Å². The summed E-state index contributed by atoms with van der Waals surface area (Å²) >= 11 is 3.13. The Bertz CT molecular complexity index is 477. The van der Waals surface area contributed by atoms with E-state index in [0.717, 1.165) is 0 Å². The summed E-state index contributed by atoms with van der Waals surface area (Å²) in [6, 6.07) is 4.67. The molecule has 0 aliphatic carbocycles. The van der Waals surface area contributed by atoms with Crippen LogP contribution in [0.5, 0.6) is 0 Å². The predicted octanol–water partition coefficient (Wildman–Crippen LogP) is 2.31. The number of esters is 1. The second-order valence-electron chi connectivity index (χ2n) is 2.88. The van der Waals surface area contributed by atoms with Crippen molar-refractivity contribution in [1.29, 1.82) is 5.26 Å². The molecule has 0 saturated heterocycles. The van der Waals surface area contributed by atoms with Gasteiger partial charge in [-0.25, -0.2) is 4.79 Å². The molecule has 0 unspecified atom stereocenters. The molecule has 0 heterocycles. The molecule has 1 rings (SSSR count). The Kier molecular flexibility index (Phi) is 4.20. The SMILES string of the molecule is CCOC(=O)c1cc(C#N)cc(C=O)c1Br. The van der Waals surface area contributed by atoms with Crippen LogP contribution in [0.15, 0.2) is 16.6 Å². The summed E-state index contributed by atoms with van der Waals surface area (Å²) < 4.78 is 5.16. The molecule has 82 valence electrons. The smallest absolute Gasteiger partial charge is 0.339 e. The van der Waals surface area contributed by atoms with Gasteiger partial charge in [-0.15, -0.1) is 0 Å². The Morgan fingerprint density at radius 1 is 1.62 bits per heavy atom. The number of carbonyl (C=O) groups is 2. The number of ether oxygens (including phenoxy) is 1. The van der Waals surface area contributed by atoms with Gasteiger partial charge in [0.15, 0.2) is 6.29 Å². The van der Waals surface area contributed by atoms with Crippen LogP contribution in [0.2, 0.25) is 0 Å². The number of rotatable bonds is 3. The minimum absolute atomic E-state index is 0.183. The standard InChI is InChI=1S/C11H8BrNO3/c1-2-16-11(15)9-4-7(5-13)3-8(6-14)10(9)12/h3-4,6H,2H2,1H3. The Balaban J connectivity index is 3.32. The summed E-state index contributed by atoms with van der Waals surface area (Å²) in [6.45, 7) is 1.92. The van der Waals surface area contributed by atoms with Crippen molar-refractivity contribution in [1.82, 2.24) is 0 Å². The van der Waals surface area contributed by atoms with Gasteiger partial charge in [-0.05, 0) is 35.0 Å². The second kappa shape index (κ2) is 5.42. The molecule has 0 amide bonds. The topological polar surface area (TPSA) is 67.2 Å². The summed E-state index contributed by atoms with van der Waals surface area (Å²) in [5, 5.41) is 8.75. The highest BCUT2D eigenvalue weighted by atomic mass is 79.9. The number of hydrogen-bond donors (Lipinski definition) is 0. The first-order valence-electron chi connectivity index (χ1n) is 4.50. The molecule has 5 heteroatoms. The molecular formula is C11H8BrNO3. The highest BCUT2D eigenvalue weighted by Gasteiger charge is 2.15. The van der Waals surface area contributed by atoms with Gasteiger partial charge < -0.3 is 4.74 Å². The predicted molar refractivity (Wildman–Crippen MR) is 60.2 cm³/mol. The van der Waals surface area contributed by atoms with Gasteiger partial charge in [-0.1, -0.05) is 0 Å². The van der Waals surface area contributed by atoms with Gasteiger partial charge in [0.25, 0.3) is 0 Å². The molecule has 0 saturated carbocycles. The third-order valence-corrected chi connectivity index (χ3v) is 2.74. The average Bonchev–Trinajstić information content (AvgIpc) is 2.29. The lowest BCUT2D eigenvalue weighted by molar-refractivity contribution is 0.0525. The van der Waals surface area contributed by atoms with E-state index in [-0.39, 0.29) is 23.3 Å². The minimum atomic E-state index is -0.561. The van der Waals surface area contributed by atoms with E-state index >= 15 is 0 Å². The fourth-order valence-electron chi connectivity index (χ4n) is 1.15. The third-order valence-electron chi connectivity index (χ3n) is 1.85. The second-order valence-corrected chi connectivity index (χ2v) is 3.67. The van der Waals surface area contributed by atoms with E-state index in [1.165, 1.54) is 12.1 Å². The van der Waals surface area contributed by atoms with Crippen LogP contribution in [0.1, 0.15) is 33.2 Å². The molecule has 0 fully saturated rings. The largest absolute Gasteiger partial charge is 0.462 e. The molecule has 1 aromatic rings. The Hall–Kier alpha value is -1.67. The quantitative estimate of drug-likeness (QED) is 0.630. The monoisotopic (exact) mass is 281 g/mol. The van der Waals surface area contributed by atoms with E-state index in [9.17, 15) is 9.59 Å². The number of nitriles is 1. The van der Waals surface area contributed by atoms with Crippen molar-refractivity contribution in [3.05, 3.63) is 33.3 Å². The van der Waals surface area contributed by atoms with Crippen molar-refractivity contribution in [3.63, 3.8) is 0 Å². The maximum atomic E-state index is 11.5. The maximum absolute atomic E-state index is 11.5. The van der Waals surface area contributed by atoms with Crippen molar-refractivity contribution in [3.8, 4) is 6.07 Å². The Morgan fingerprint density at radius 3 is 2.81 bits per heavy atom. The first kappa shape index (κ1) is 12.4. The summed E-state index contributed by atoms with van der Waals surface area (Å²) in [6.07, 6.45) is 0.577. The fourth-order valence-corrected chi connectivity index (χ4v) is 1.64. The molecule has 16 heavy (non-hydrogen) atoms. The van der Waals surface area contributed by atoms with Crippen LogP contribution in [-0.4, -0.2) is 18.9 Å². The maximum Gasteiger partial charge on any atom is 0.339 e. The van der Waals surface area contributed by atoms with Crippen LogP contribution in [0.3, 0.4) is 0 Å². The van der Waals surface area contributed by atoms with Gasteiger partial charge in [0.1, 0.15) is 0 Å². The first-order valence-corrected chi connectivity index (χ1v) is 5.29. The number of aldehydes is 1. The molecule has 0 bridgehead atoms. The Morgan fingerprint density at radius 2 is 2.31 bits per heavy atom. The van der Waals surface area contributed by atoms with E-state index in [2.05, 4.69) is 15.9 Å². The summed E-state index contributed by atoms with van der Waals surface area (Å²) in [5.41, 5.74) is 0.679. The molecular weight excluding hydrogens is 274 g/mol. The number of carbonyl (C=O) groups excluding carboxylic acids is 2. The van der Waals surface area contributed by atoms with E-state index in [0.29, 0.717) is 10.8 Å². The number of nitrogens with zero attached hydrogens (tertiary/aromatic N) is 1.